The maximum absolute atomic E-state index is 12.1. The lowest BCUT2D eigenvalue weighted by Gasteiger charge is -2.14. The molecule has 2 N–H and O–H groups in total. The van der Waals surface area contributed by atoms with Crippen LogP contribution in [0.5, 0.6) is 0 Å². The van der Waals surface area contributed by atoms with Gasteiger partial charge in [-0.05, 0) is 6.26 Å². The molecular formula is C9H18N4O2S2. The number of rotatable bonds is 7. The van der Waals surface area contributed by atoms with Gasteiger partial charge in [0.2, 0.25) is 10.0 Å². The zero-order valence-corrected chi connectivity index (χ0v) is 11.7. The van der Waals surface area contributed by atoms with Crippen molar-refractivity contribution in [2.24, 2.45) is 5.73 Å². The largest absolute Gasteiger partial charge is 0.329 e. The number of nitrogens with two attached hydrogens (primary N) is 1. The summed E-state index contributed by atoms with van der Waals surface area (Å²) in [6, 6.07) is 0. The summed E-state index contributed by atoms with van der Waals surface area (Å²) in [6.45, 7) is 1.44. The molecule has 0 spiro atoms. The van der Waals surface area contributed by atoms with E-state index in [1.54, 1.807) is 18.8 Å². The first kappa shape index (κ1) is 14.5. The second-order valence-corrected chi connectivity index (χ2v) is 6.58. The molecule has 1 aromatic rings. The van der Waals surface area contributed by atoms with E-state index in [-0.39, 0.29) is 4.90 Å². The molecule has 0 aliphatic carbocycles. The van der Waals surface area contributed by atoms with Crippen LogP contribution in [0.2, 0.25) is 0 Å². The van der Waals surface area contributed by atoms with E-state index in [9.17, 15) is 8.42 Å². The summed E-state index contributed by atoms with van der Waals surface area (Å²) in [6.07, 6.45) is 4.82. The van der Waals surface area contributed by atoms with Crippen LogP contribution in [0.25, 0.3) is 0 Å². The van der Waals surface area contributed by atoms with Crippen LogP contribution in [-0.2, 0) is 16.6 Å². The van der Waals surface area contributed by atoms with Crippen LogP contribution in [-0.4, -0.2) is 54.6 Å². The quantitative estimate of drug-likeness (QED) is 0.748. The Morgan fingerprint density at radius 3 is 2.88 bits per heavy atom. The topological polar surface area (TPSA) is 81.2 Å². The van der Waals surface area contributed by atoms with Crippen molar-refractivity contribution in [3.8, 4) is 0 Å². The number of aromatic nitrogens is 2. The van der Waals surface area contributed by atoms with Gasteiger partial charge in [-0.15, -0.1) is 0 Å². The molecule has 6 nitrogen and oxygen atoms in total. The normalized spacial score (nSPS) is 12.2. The summed E-state index contributed by atoms with van der Waals surface area (Å²) < 4.78 is 27.1. The van der Waals surface area contributed by atoms with Gasteiger partial charge in [0.05, 0.1) is 12.7 Å². The van der Waals surface area contributed by atoms with Crippen molar-refractivity contribution in [2.45, 2.75) is 11.4 Å². The molecule has 0 aromatic carbocycles. The van der Waals surface area contributed by atoms with Gasteiger partial charge in [0.15, 0.2) is 0 Å². The van der Waals surface area contributed by atoms with E-state index in [2.05, 4.69) is 5.10 Å². The lowest BCUT2D eigenvalue weighted by Crippen LogP contribution is -2.28. The van der Waals surface area contributed by atoms with Crippen LogP contribution in [0.1, 0.15) is 0 Å². The zero-order chi connectivity index (χ0) is 12.9. The van der Waals surface area contributed by atoms with Crippen molar-refractivity contribution in [3.05, 3.63) is 12.4 Å². The van der Waals surface area contributed by atoms with Gasteiger partial charge >= 0.3 is 0 Å². The predicted octanol–water partition coefficient (Wildman–Crippen LogP) is -0.175. The fourth-order valence-electron chi connectivity index (χ4n) is 1.25. The third-order valence-corrected chi connectivity index (χ3v) is 4.69. The molecule has 1 heterocycles. The summed E-state index contributed by atoms with van der Waals surface area (Å²) in [7, 11) is -1.84. The summed E-state index contributed by atoms with van der Waals surface area (Å²) in [5, 5.41) is 3.96. The number of nitrogens with zero attached hydrogens (tertiary/aromatic N) is 3. The van der Waals surface area contributed by atoms with Crippen LogP contribution in [0.15, 0.2) is 17.3 Å². The number of sulfonamides is 1. The van der Waals surface area contributed by atoms with Gasteiger partial charge in [0.25, 0.3) is 0 Å². The van der Waals surface area contributed by atoms with Gasteiger partial charge in [-0.1, -0.05) is 0 Å². The Labute approximate surface area is 106 Å². The van der Waals surface area contributed by atoms with Gasteiger partial charge in [-0.25, -0.2) is 12.7 Å². The van der Waals surface area contributed by atoms with E-state index in [0.29, 0.717) is 19.6 Å². The van der Waals surface area contributed by atoms with E-state index in [4.69, 9.17) is 5.73 Å². The minimum atomic E-state index is -3.41. The average Bonchev–Trinajstić information content (AvgIpc) is 2.75. The van der Waals surface area contributed by atoms with Gasteiger partial charge in [-0.2, -0.15) is 16.9 Å². The molecule has 0 atom stereocenters. The first-order valence-corrected chi connectivity index (χ1v) is 8.03. The molecule has 0 unspecified atom stereocenters. The van der Waals surface area contributed by atoms with Crippen LogP contribution in [0.3, 0.4) is 0 Å². The molecule has 1 aromatic heterocycles. The summed E-state index contributed by atoms with van der Waals surface area (Å²) in [5.41, 5.74) is 5.38. The fraction of sp³-hybridized carbons (Fsp3) is 0.667. The molecule has 0 fully saturated rings. The van der Waals surface area contributed by atoms with Gasteiger partial charge in [-0.3, -0.25) is 4.68 Å². The monoisotopic (exact) mass is 278 g/mol. The van der Waals surface area contributed by atoms with E-state index >= 15 is 0 Å². The maximum Gasteiger partial charge on any atom is 0.245 e. The third-order valence-electron chi connectivity index (χ3n) is 2.29. The molecule has 8 heteroatoms. The van der Waals surface area contributed by atoms with Gasteiger partial charge in [0, 0.05) is 32.1 Å². The Kier molecular flexibility index (Phi) is 5.44. The molecule has 0 aliphatic heterocycles. The first-order chi connectivity index (χ1) is 8.02. The smallest absolute Gasteiger partial charge is 0.245 e. The van der Waals surface area contributed by atoms with Crippen molar-refractivity contribution in [1.29, 1.82) is 0 Å². The van der Waals surface area contributed by atoms with E-state index < -0.39 is 10.0 Å². The van der Waals surface area contributed by atoms with Gasteiger partial charge < -0.3 is 5.73 Å². The Morgan fingerprint density at radius 2 is 2.29 bits per heavy atom. The Morgan fingerprint density at radius 1 is 1.59 bits per heavy atom. The Hall–Kier alpha value is -0.570. The zero-order valence-electron chi connectivity index (χ0n) is 10.0. The van der Waals surface area contributed by atoms with Crippen molar-refractivity contribution in [3.63, 3.8) is 0 Å². The highest BCUT2D eigenvalue weighted by Crippen LogP contribution is 2.13. The van der Waals surface area contributed by atoms with Crippen LogP contribution >= 0.6 is 11.8 Å². The summed E-state index contributed by atoms with van der Waals surface area (Å²) >= 11 is 1.61. The van der Waals surface area contributed by atoms with Crippen LogP contribution in [0.4, 0.5) is 0 Å². The molecule has 0 bridgehead atoms. The molecule has 98 valence electrons. The number of hydrogen-bond donors (Lipinski definition) is 1. The van der Waals surface area contributed by atoms with Crippen LogP contribution in [0, 0.1) is 0 Å². The van der Waals surface area contributed by atoms with Crippen molar-refractivity contribution >= 4 is 21.8 Å². The van der Waals surface area contributed by atoms with Crippen LogP contribution < -0.4 is 5.73 Å². The fourth-order valence-corrected chi connectivity index (χ4v) is 2.95. The Bertz CT molecular complexity index is 444. The van der Waals surface area contributed by atoms with E-state index in [1.807, 2.05) is 6.26 Å². The van der Waals surface area contributed by atoms with Crippen molar-refractivity contribution < 1.29 is 8.42 Å². The minimum absolute atomic E-state index is 0.217. The summed E-state index contributed by atoms with van der Waals surface area (Å²) in [4.78, 5) is 0.217. The molecular weight excluding hydrogens is 260 g/mol. The maximum atomic E-state index is 12.1. The van der Waals surface area contributed by atoms with Gasteiger partial charge in [0.1, 0.15) is 4.90 Å². The summed E-state index contributed by atoms with van der Waals surface area (Å²) in [5.74, 6) is 0.771. The second kappa shape index (κ2) is 6.39. The number of hydrogen-bond acceptors (Lipinski definition) is 5. The molecule has 0 radical (unpaired) electrons. The molecule has 17 heavy (non-hydrogen) atoms. The highest BCUT2D eigenvalue weighted by Gasteiger charge is 2.21. The third kappa shape index (κ3) is 3.70. The molecule has 0 saturated heterocycles. The standard InChI is InChI=1S/C9H18N4O2S2/c1-12(5-6-16-2)17(14,15)9-7-11-13(8-9)4-3-10/h7-8H,3-6,10H2,1-2H3. The SMILES string of the molecule is CSCCN(C)S(=O)(=O)c1cnn(CCN)c1. The lowest BCUT2D eigenvalue weighted by molar-refractivity contribution is 0.488. The number of thioether (sulfide) groups is 1. The molecule has 0 saturated carbocycles. The highest BCUT2D eigenvalue weighted by molar-refractivity contribution is 7.98. The first-order valence-electron chi connectivity index (χ1n) is 5.20. The van der Waals surface area contributed by atoms with E-state index in [0.717, 1.165) is 5.75 Å². The second-order valence-electron chi connectivity index (χ2n) is 3.55. The van der Waals surface area contributed by atoms with Crippen molar-refractivity contribution in [2.75, 3.05) is 32.1 Å². The van der Waals surface area contributed by atoms with Crippen molar-refractivity contribution in [1.82, 2.24) is 14.1 Å². The molecule has 1 rings (SSSR count). The highest BCUT2D eigenvalue weighted by atomic mass is 32.2. The van der Waals surface area contributed by atoms with E-state index in [1.165, 1.54) is 21.4 Å². The predicted molar refractivity (Wildman–Crippen MR) is 69.5 cm³/mol. The average molecular weight is 278 g/mol. The molecule has 0 amide bonds. The minimum Gasteiger partial charge on any atom is -0.329 e. The Balaban J connectivity index is 2.81. The molecule has 0 aliphatic rings. The lowest BCUT2D eigenvalue weighted by atomic mass is 10.6.